The van der Waals surface area contributed by atoms with Crippen molar-refractivity contribution in [2.75, 3.05) is 32.1 Å². The Morgan fingerprint density at radius 3 is 1.95 bits per heavy atom. The van der Waals surface area contributed by atoms with Crippen LogP contribution in [-0.2, 0) is 11.2 Å². The van der Waals surface area contributed by atoms with Crippen molar-refractivity contribution in [2.45, 2.75) is 12.8 Å². The number of methoxy groups -OCH3 is 1. The molecule has 4 rings (SSSR count). The van der Waals surface area contributed by atoms with E-state index in [0.29, 0.717) is 41.0 Å². The quantitative estimate of drug-likeness (QED) is 0.283. The van der Waals surface area contributed by atoms with Crippen molar-refractivity contribution in [3.8, 4) is 16.9 Å². The molecule has 40 heavy (non-hydrogen) atoms. The highest BCUT2D eigenvalue weighted by molar-refractivity contribution is 6.11. The lowest BCUT2D eigenvalue weighted by Gasteiger charge is -2.24. The zero-order valence-corrected chi connectivity index (χ0v) is 22.5. The van der Waals surface area contributed by atoms with Crippen molar-refractivity contribution in [1.29, 1.82) is 0 Å². The van der Waals surface area contributed by atoms with Gasteiger partial charge in [0.05, 0.1) is 13.5 Å². The maximum absolute atomic E-state index is 13.9. The Kier molecular flexibility index (Phi) is 9.25. The molecule has 204 valence electrons. The monoisotopic (exact) mass is 537 g/mol. The molecule has 1 aromatic heterocycles. The Morgan fingerprint density at radius 2 is 1.38 bits per heavy atom. The Morgan fingerprint density at radius 1 is 0.775 bits per heavy atom. The fourth-order valence-corrected chi connectivity index (χ4v) is 4.42. The molecule has 0 unspecified atom stereocenters. The standard InChI is InChI=1S/C32H31N3O5/c1-34(29-13-7-8-20-33-29)31(38)27-11-5-3-9-25(27)26-10-4-6-12-28(26)32(39)35(22-19-30(36)37)21-18-23-14-16-24(40-2)17-15-23/h3-17,20H,18-19,21-22H2,1-2H3,(H,36,37). The summed E-state index contributed by atoms with van der Waals surface area (Å²) < 4.78 is 5.22. The van der Waals surface area contributed by atoms with Crippen LogP contribution in [0.3, 0.4) is 0 Å². The second kappa shape index (κ2) is 13.2. The SMILES string of the molecule is COc1ccc(CCN(CCC(=O)O)C(=O)c2ccccc2-c2ccccc2C(=O)N(C)c2ccccn2)cc1. The summed E-state index contributed by atoms with van der Waals surface area (Å²) in [5, 5.41) is 9.33. The summed E-state index contributed by atoms with van der Waals surface area (Å²) in [7, 11) is 3.26. The summed E-state index contributed by atoms with van der Waals surface area (Å²) in [4.78, 5) is 46.2. The van der Waals surface area contributed by atoms with E-state index < -0.39 is 5.97 Å². The van der Waals surface area contributed by atoms with E-state index in [1.54, 1.807) is 67.7 Å². The van der Waals surface area contributed by atoms with Gasteiger partial charge >= 0.3 is 5.97 Å². The van der Waals surface area contributed by atoms with E-state index >= 15 is 0 Å². The van der Waals surface area contributed by atoms with Crippen molar-refractivity contribution < 1.29 is 24.2 Å². The van der Waals surface area contributed by atoms with Crippen LogP contribution in [0, 0.1) is 0 Å². The molecule has 1 heterocycles. The average molecular weight is 538 g/mol. The third-order valence-electron chi connectivity index (χ3n) is 6.61. The van der Waals surface area contributed by atoms with Crippen LogP contribution in [0.4, 0.5) is 5.82 Å². The first-order valence-electron chi connectivity index (χ1n) is 12.9. The van der Waals surface area contributed by atoms with Gasteiger partial charge < -0.3 is 14.7 Å². The highest BCUT2D eigenvalue weighted by atomic mass is 16.5. The molecule has 4 aromatic rings. The fraction of sp³-hybridized carbons (Fsp3) is 0.188. The predicted octanol–water partition coefficient (Wildman–Crippen LogP) is 5.19. The van der Waals surface area contributed by atoms with Gasteiger partial charge in [-0.15, -0.1) is 0 Å². The van der Waals surface area contributed by atoms with Gasteiger partial charge in [0.2, 0.25) is 0 Å². The normalized spacial score (nSPS) is 10.6. The summed E-state index contributed by atoms with van der Waals surface area (Å²) in [5.74, 6) is -0.308. The summed E-state index contributed by atoms with van der Waals surface area (Å²) in [6.45, 7) is 0.386. The van der Waals surface area contributed by atoms with E-state index in [0.717, 1.165) is 11.3 Å². The Balaban J connectivity index is 1.65. The van der Waals surface area contributed by atoms with Crippen LogP contribution in [-0.4, -0.2) is 60.0 Å². The van der Waals surface area contributed by atoms with Crippen molar-refractivity contribution in [2.24, 2.45) is 0 Å². The Labute approximate surface area is 233 Å². The van der Waals surface area contributed by atoms with Gasteiger partial charge in [-0.3, -0.25) is 19.3 Å². The van der Waals surface area contributed by atoms with Gasteiger partial charge in [0.25, 0.3) is 11.8 Å². The molecule has 0 aliphatic carbocycles. The van der Waals surface area contributed by atoms with Crippen LogP contribution in [0.1, 0.15) is 32.7 Å². The molecule has 0 bridgehead atoms. The molecule has 3 aromatic carbocycles. The number of benzene rings is 3. The van der Waals surface area contributed by atoms with E-state index in [1.165, 1.54) is 4.90 Å². The molecule has 0 saturated heterocycles. The maximum atomic E-state index is 13.9. The fourth-order valence-electron chi connectivity index (χ4n) is 4.42. The van der Waals surface area contributed by atoms with Gasteiger partial charge in [0, 0.05) is 37.5 Å². The second-order valence-electron chi connectivity index (χ2n) is 9.18. The zero-order valence-electron chi connectivity index (χ0n) is 22.5. The lowest BCUT2D eigenvalue weighted by Crippen LogP contribution is -2.35. The molecule has 0 aliphatic rings. The third-order valence-corrected chi connectivity index (χ3v) is 6.61. The number of hydrogen-bond acceptors (Lipinski definition) is 5. The van der Waals surface area contributed by atoms with Crippen molar-refractivity contribution in [3.63, 3.8) is 0 Å². The predicted molar refractivity (Wildman–Crippen MR) is 154 cm³/mol. The van der Waals surface area contributed by atoms with E-state index in [2.05, 4.69) is 4.98 Å². The minimum atomic E-state index is -0.982. The molecule has 8 heteroatoms. The number of aromatic nitrogens is 1. The molecule has 0 radical (unpaired) electrons. The number of hydrogen-bond donors (Lipinski definition) is 1. The number of carbonyl (C=O) groups is 3. The molecular formula is C32H31N3O5. The van der Waals surface area contributed by atoms with Crippen LogP contribution >= 0.6 is 0 Å². The minimum Gasteiger partial charge on any atom is -0.497 e. The molecule has 2 amide bonds. The smallest absolute Gasteiger partial charge is 0.305 e. The van der Waals surface area contributed by atoms with E-state index in [-0.39, 0.29) is 24.8 Å². The number of amides is 2. The van der Waals surface area contributed by atoms with Gasteiger partial charge in [-0.05, 0) is 59.5 Å². The number of aliphatic carboxylic acids is 1. The highest BCUT2D eigenvalue weighted by Crippen LogP contribution is 2.30. The van der Waals surface area contributed by atoms with Gasteiger partial charge in [-0.25, -0.2) is 4.98 Å². The number of anilines is 1. The molecule has 8 nitrogen and oxygen atoms in total. The first kappa shape index (κ1) is 28.0. The van der Waals surface area contributed by atoms with E-state index in [9.17, 15) is 19.5 Å². The first-order valence-corrected chi connectivity index (χ1v) is 12.9. The molecule has 0 atom stereocenters. The minimum absolute atomic E-state index is 0.0572. The van der Waals surface area contributed by atoms with Crippen LogP contribution in [0.2, 0.25) is 0 Å². The van der Waals surface area contributed by atoms with Gasteiger partial charge in [0.1, 0.15) is 11.6 Å². The van der Waals surface area contributed by atoms with Crippen molar-refractivity contribution in [3.05, 3.63) is 114 Å². The number of rotatable bonds is 11. The van der Waals surface area contributed by atoms with Crippen LogP contribution in [0.25, 0.3) is 11.1 Å². The molecule has 1 N–H and O–H groups in total. The zero-order chi connectivity index (χ0) is 28.5. The lowest BCUT2D eigenvalue weighted by molar-refractivity contribution is -0.137. The molecule has 0 spiro atoms. The Hall–Kier alpha value is -4.98. The van der Waals surface area contributed by atoms with E-state index in [4.69, 9.17) is 4.74 Å². The number of carboxylic acids is 1. The molecule has 0 saturated carbocycles. The number of carboxylic acid groups (broad SMARTS) is 1. The topological polar surface area (TPSA) is 100 Å². The lowest BCUT2D eigenvalue weighted by atomic mass is 9.94. The summed E-state index contributed by atoms with van der Waals surface area (Å²) in [5.41, 5.74) is 3.01. The highest BCUT2D eigenvalue weighted by Gasteiger charge is 2.24. The van der Waals surface area contributed by atoms with Crippen molar-refractivity contribution in [1.82, 2.24) is 9.88 Å². The number of ether oxygens (including phenoxy) is 1. The summed E-state index contributed by atoms with van der Waals surface area (Å²) in [6.07, 6.45) is 1.98. The van der Waals surface area contributed by atoms with Gasteiger partial charge in [0.15, 0.2) is 0 Å². The number of carbonyl (C=O) groups excluding carboxylic acids is 2. The second-order valence-corrected chi connectivity index (χ2v) is 9.18. The van der Waals surface area contributed by atoms with Gasteiger partial charge in [-0.2, -0.15) is 0 Å². The van der Waals surface area contributed by atoms with E-state index in [1.807, 2.05) is 48.5 Å². The summed E-state index contributed by atoms with van der Waals surface area (Å²) >= 11 is 0. The molecule has 0 fully saturated rings. The van der Waals surface area contributed by atoms with Crippen LogP contribution in [0.5, 0.6) is 5.75 Å². The van der Waals surface area contributed by atoms with Crippen molar-refractivity contribution >= 4 is 23.6 Å². The first-order chi connectivity index (χ1) is 19.4. The number of nitrogens with zero attached hydrogens (tertiary/aromatic N) is 3. The van der Waals surface area contributed by atoms with Gasteiger partial charge in [-0.1, -0.05) is 54.6 Å². The van der Waals surface area contributed by atoms with Crippen LogP contribution in [0.15, 0.2) is 97.2 Å². The molecular weight excluding hydrogens is 506 g/mol. The third kappa shape index (κ3) is 6.71. The maximum Gasteiger partial charge on any atom is 0.305 e. The average Bonchev–Trinajstić information content (AvgIpc) is 3.00. The number of pyridine rings is 1. The Bertz CT molecular complexity index is 1470. The largest absolute Gasteiger partial charge is 0.497 e. The molecule has 0 aliphatic heterocycles. The summed E-state index contributed by atoms with van der Waals surface area (Å²) in [6, 6.07) is 27.1. The van der Waals surface area contributed by atoms with Crippen LogP contribution < -0.4 is 9.64 Å².